The molecular formula is C16H28O3S. The fraction of sp³-hybridized carbons (Fsp3) is 1.00. The van der Waals surface area contributed by atoms with Gasteiger partial charge in [-0.2, -0.15) is 0 Å². The third kappa shape index (κ3) is 3.06. The molecule has 4 unspecified atom stereocenters. The van der Waals surface area contributed by atoms with E-state index in [0.29, 0.717) is 12.3 Å². The molecule has 4 atom stereocenters. The van der Waals surface area contributed by atoms with E-state index in [1.807, 2.05) is 0 Å². The van der Waals surface area contributed by atoms with E-state index in [9.17, 15) is 13.5 Å². The van der Waals surface area contributed by atoms with Crippen molar-refractivity contribution in [2.45, 2.75) is 75.1 Å². The van der Waals surface area contributed by atoms with Crippen molar-refractivity contribution >= 4 is 9.84 Å². The van der Waals surface area contributed by atoms with Crippen LogP contribution in [0.3, 0.4) is 0 Å². The summed E-state index contributed by atoms with van der Waals surface area (Å²) in [6, 6.07) is 0. The number of rotatable bonds is 3. The Kier molecular flexibility index (Phi) is 3.91. The van der Waals surface area contributed by atoms with Crippen molar-refractivity contribution in [3.63, 3.8) is 0 Å². The van der Waals surface area contributed by atoms with Gasteiger partial charge < -0.3 is 5.11 Å². The second kappa shape index (κ2) is 5.28. The zero-order chi connectivity index (χ0) is 14.4. The fourth-order valence-corrected chi connectivity index (χ4v) is 5.87. The van der Waals surface area contributed by atoms with E-state index in [1.165, 1.54) is 25.5 Å². The Morgan fingerprint density at radius 1 is 1.00 bits per heavy atom. The molecule has 0 aromatic rings. The van der Waals surface area contributed by atoms with Gasteiger partial charge in [-0.25, -0.2) is 8.42 Å². The van der Waals surface area contributed by atoms with E-state index in [0.717, 1.165) is 44.4 Å². The first kappa shape index (κ1) is 14.8. The summed E-state index contributed by atoms with van der Waals surface area (Å²) in [5.74, 6) is 1.76. The van der Waals surface area contributed by atoms with Crippen LogP contribution in [-0.2, 0) is 9.84 Å². The highest BCUT2D eigenvalue weighted by molar-refractivity contribution is 7.91. The molecular weight excluding hydrogens is 272 g/mol. The molecule has 3 nitrogen and oxygen atoms in total. The van der Waals surface area contributed by atoms with E-state index < -0.39 is 15.4 Å². The van der Waals surface area contributed by atoms with Gasteiger partial charge in [0.1, 0.15) is 9.84 Å². The van der Waals surface area contributed by atoms with Gasteiger partial charge >= 0.3 is 0 Å². The molecule has 0 saturated heterocycles. The lowest BCUT2D eigenvalue weighted by molar-refractivity contribution is -0.0782. The first-order valence-corrected chi connectivity index (χ1v) is 10.3. The SMILES string of the molecule is CS(=O)(=O)C1CCCC(C2(O)CCCC(C3CC3)C2)C1. The van der Waals surface area contributed by atoms with Gasteiger partial charge in [0.05, 0.1) is 10.9 Å². The minimum atomic E-state index is -2.95. The summed E-state index contributed by atoms with van der Waals surface area (Å²) in [5, 5.41) is 10.9. The summed E-state index contributed by atoms with van der Waals surface area (Å²) in [6.45, 7) is 0. The third-order valence-electron chi connectivity index (χ3n) is 6.08. The Bertz CT molecular complexity index is 454. The first-order chi connectivity index (χ1) is 9.38. The Balaban J connectivity index is 1.70. The van der Waals surface area contributed by atoms with E-state index in [2.05, 4.69) is 0 Å². The number of aliphatic hydroxyl groups is 1. The molecule has 3 aliphatic carbocycles. The molecule has 0 radical (unpaired) electrons. The highest BCUT2D eigenvalue weighted by atomic mass is 32.2. The van der Waals surface area contributed by atoms with Gasteiger partial charge in [-0.3, -0.25) is 0 Å². The monoisotopic (exact) mass is 300 g/mol. The Morgan fingerprint density at radius 2 is 1.75 bits per heavy atom. The van der Waals surface area contributed by atoms with Crippen LogP contribution in [0.25, 0.3) is 0 Å². The summed E-state index contributed by atoms with van der Waals surface area (Å²) in [4.78, 5) is 0. The molecule has 0 aromatic heterocycles. The smallest absolute Gasteiger partial charge is 0.150 e. The van der Waals surface area contributed by atoms with Gasteiger partial charge in [0.2, 0.25) is 0 Å². The molecule has 3 rings (SSSR count). The van der Waals surface area contributed by atoms with Gasteiger partial charge in [-0.05, 0) is 69.1 Å². The van der Waals surface area contributed by atoms with Gasteiger partial charge in [0.15, 0.2) is 0 Å². The molecule has 0 aromatic carbocycles. The largest absolute Gasteiger partial charge is 0.390 e. The minimum Gasteiger partial charge on any atom is -0.390 e. The van der Waals surface area contributed by atoms with Crippen molar-refractivity contribution in [2.75, 3.05) is 6.26 Å². The molecule has 1 N–H and O–H groups in total. The molecule has 0 amide bonds. The summed E-state index contributed by atoms with van der Waals surface area (Å²) >= 11 is 0. The van der Waals surface area contributed by atoms with Crippen molar-refractivity contribution in [1.82, 2.24) is 0 Å². The maximum Gasteiger partial charge on any atom is 0.150 e. The second-order valence-corrected chi connectivity index (χ2v) is 9.94. The molecule has 3 fully saturated rings. The first-order valence-electron chi connectivity index (χ1n) is 8.30. The maximum atomic E-state index is 11.8. The van der Waals surface area contributed by atoms with Gasteiger partial charge in [0.25, 0.3) is 0 Å². The van der Waals surface area contributed by atoms with Gasteiger partial charge in [-0.15, -0.1) is 0 Å². The number of hydrogen-bond acceptors (Lipinski definition) is 3. The van der Waals surface area contributed by atoms with E-state index in [-0.39, 0.29) is 11.2 Å². The van der Waals surface area contributed by atoms with Gasteiger partial charge in [0, 0.05) is 6.26 Å². The molecule has 3 saturated carbocycles. The van der Waals surface area contributed by atoms with Crippen LogP contribution < -0.4 is 0 Å². The normalized spacial score (nSPS) is 43.4. The van der Waals surface area contributed by atoms with Crippen molar-refractivity contribution in [1.29, 1.82) is 0 Å². The Morgan fingerprint density at radius 3 is 2.40 bits per heavy atom. The van der Waals surface area contributed by atoms with Crippen LogP contribution in [0.15, 0.2) is 0 Å². The number of hydrogen-bond donors (Lipinski definition) is 1. The lowest BCUT2D eigenvalue weighted by Gasteiger charge is -2.45. The average molecular weight is 300 g/mol. The zero-order valence-corrected chi connectivity index (χ0v) is 13.4. The lowest BCUT2D eigenvalue weighted by Crippen LogP contribution is -2.46. The van der Waals surface area contributed by atoms with E-state index >= 15 is 0 Å². The van der Waals surface area contributed by atoms with Crippen molar-refractivity contribution in [2.24, 2.45) is 17.8 Å². The Labute approximate surface area is 123 Å². The summed E-state index contributed by atoms with van der Waals surface area (Å²) in [6.07, 6.45) is 11.7. The van der Waals surface area contributed by atoms with Crippen LogP contribution in [-0.4, -0.2) is 30.6 Å². The molecule has 116 valence electrons. The average Bonchev–Trinajstić information content (AvgIpc) is 3.22. The summed E-state index contributed by atoms with van der Waals surface area (Å²) < 4.78 is 23.6. The molecule has 0 aliphatic heterocycles. The van der Waals surface area contributed by atoms with Crippen LogP contribution in [0.5, 0.6) is 0 Å². The predicted molar refractivity (Wildman–Crippen MR) is 80.2 cm³/mol. The second-order valence-electron chi connectivity index (χ2n) is 7.61. The maximum absolute atomic E-state index is 11.8. The van der Waals surface area contributed by atoms with Crippen LogP contribution in [0, 0.1) is 17.8 Å². The standard InChI is InChI=1S/C16H28O3S/c1-20(18,19)15-6-2-5-14(10-15)16(17)9-3-4-13(11-16)12-7-8-12/h12-15,17H,2-11H2,1H3. The minimum absolute atomic E-state index is 0.206. The van der Waals surface area contributed by atoms with E-state index in [1.54, 1.807) is 0 Å². The Hall–Kier alpha value is -0.0900. The van der Waals surface area contributed by atoms with E-state index in [4.69, 9.17) is 0 Å². The van der Waals surface area contributed by atoms with Crippen LogP contribution >= 0.6 is 0 Å². The van der Waals surface area contributed by atoms with Crippen LogP contribution in [0.1, 0.15) is 64.2 Å². The lowest BCUT2D eigenvalue weighted by atomic mass is 9.66. The number of sulfone groups is 1. The molecule has 0 spiro atoms. The van der Waals surface area contributed by atoms with Crippen molar-refractivity contribution < 1.29 is 13.5 Å². The van der Waals surface area contributed by atoms with Crippen LogP contribution in [0.4, 0.5) is 0 Å². The van der Waals surface area contributed by atoms with Crippen molar-refractivity contribution in [3.8, 4) is 0 Å². The molecule has 20 heavy (non-hydrogen) atoms. The predicted octanol–water partition coefficient (Wildman–Crippen LogP) is 2.92. The van der Waals surface area contributed by atoms with Crippen molar-refractivity contribution in [3.05, 3.63) is 0 Å². The molecule has 0 heterocycles. The molecule has 3 aliphatic rings. The summed E-state index contributed by atoms with van der Waals surface area (Å²) in [5.41, 5.74) is -0.575. The topological polar surface area (TPSA) is 54.4 Å². The highest BCUT2D eigenvalue weighted by Gasteiger charge is 2.47. The molecule has 4 heteroatoms. The summed E-state index contributed by atoms with van der Waals surface area (Å²) in [7, 11) is -2.95. The van der Waals surface area contributed by atoms with Crippen LogP contribution in [0.2, 0.25) is 0 Å². The third-order valence-corrected chi connectivity index (χ3v) is 7.72. The quantitative estimate of drug-likeness (QED) is 0.872. The highest BCUT2D eigenvalue weighted by Crippen LogP contribution is 2.50. The zero-order valence-electron chi connectivity index (χ0n) is 12.6. The van der Waals surface area contributed by atoms with Gasteiger partial charge in [-0.1, -0.05) is 12.8 Å². The molecule has 0 bridgehead atoms. The fourth-order valence-electron chi connectivity index (χ4n) is 4.69.